The van der Waals surface area contributed by atoms with Gasteiger partial charge in [0.15, 0.2) is 5.58 Å². The third-order valence-corrected chi connectivity index (χ3v) is 3.53. The Balaban J connectivity index is 1.95. The standard InChI is InChI=1S/C14H18BNO4/c1-4-16-11-7-10(5-6-12(11)20-13(16)17)15-18-8-14(2,3)9-19-15/h5-7H,4,8-9H2,1-3H3. The summed E-state index contributed by atoms with van der Waals surface area (Å²) in [6, 6.07) is 5.59. The highest BCUT2D eigenvalue weighted by Gasteiger charge is 2.33. The lowest BCUT2D eigenvalue weighted by Crippen LogP contribution is -2.47. The van der Waals surface area contributed by atoms with Crippen molar-refractivity contribution in [2.24, 2.45) is 5.41 Å². The fourth-order valence-electron chi connectivity index (χ4n) is 2.41. The molecule has 0 spiro atoms. The highest BCUT2D eigenvalue weighted by molar-refractivity contribution is 6.61. The minimum Gasteiger partial charge on any atom is -0.408 e. The molecule has 1 aliphatic rings. The second-order valence-electron chi connectivity index (χ2n) is 5.96. The number of hydrogen-bond acceptors (Lipinski definition) is 4. The van der Waals surface area contributed by atoms with E-state index in [1.807, 2.05) is 19.1 Å². The van der Waals surface area contributed by atoms with Gasteiger partial charge in [0.05, 0.1) is 5.52 Å². The van der Waals surface area contributed by atoms with Gasteiger partial charge in [-0.2, -0.15) is 0 Å². The molecule has 0 aliphatic carbocycles. The molecule has 0 N–H and O–H groups in total. The zero-order chi connectivity index (χ0) is 14.3. The zero-order valence-electron chi connectivity index (χ0n) is 12.0. The van der Waals surface area contributed by atoms with E-state index in [0.29, 0.717) is 25.3 Å². The monoisotopic (exact) mass is 275 g/mol. The second-order valence-corrected chi connectivity index (χ2v) is 5.96. The smallest absolute Gasteiger partial charge is 0.408 e. The molecule has 2 heterocycles. The molecule has 0 bridgehead atoms. The summed E-state index contributed by atoms with van der Waals surface area (Å²) in [6.07, 6.45) is 0. The van der Waals surface area contributed by atoms with Crippen molar-refractivity contribution in [3.63, 3.8) is 0 Å². The maximum atomic E-state index is 11.7. The lowest BCUT2D eigenvalue weighted by molar-refractivity contribution is 0.0343. The largest absolute Gasteiger partial charge is 0.493 e. The van der Waals surface area contributed by atoms with E-state index in [2.05, 4.69) is 13.8 Å². The Hall–Kier alpha value is -1.53. The molecular formula is C14H18BNO4. The topological polar surface area (TPSA) is 53.6 Å². The minimum absolute atomic E-state index is 0.0434. The maximum Gasteiger partial charge on any atom is 0.493 e. The highest BCUT2D eigenvalue weighted by Crippen LogP contribution is 2.22. The van der Waals surface area contributed by atoms with E-state index < -0.39 is 0 Å². The zero-order valence-corrected chi connectivity index (χ0v) is 12.0. The van der Waals surface area contributed by atoms with Gasteiger partial charge in [-0.1, -0.05) is 19.9 Å². The Bertz CT molecular complexity index is 678. The summed E-state index contributed by atoms with van der Waals surface area (Å²) in [6.45, 7) is 8.02. The average Bonchev–Trinajstić information content (AvgIpc) is 2.73. The predicted molar refractivity (Wildman–Crippen MR) is 77.2 cm³/mol. The van der Waals surface area contributed by atoms with Crippen LogP contribution in [0, 0.1) is 5.41 Å². The highest BCUT2D eigenvalue weighted by atomic mass is 16.6. The van der Waals surface area contributed by atoms with Crippen molar-refractivity contribution in [1.82, 2.24) is 4.57 Å². The van der Waals surface area contributed by atoms with Crippen LogP contribution in [-0.2, 0) is 15.9 Å². The van der Waals surface area contributed by atoms with Crippen LogP contribution in [0.2, 0.25) is 0 Å². The molecule has 0 unspecified atom stereocenters. The molecule has 106 valence electrons. The van der Waals surface area contributed by atoms with Gasteiger partial charge >= 0.3 is 12.9 Å². The summed E-state index contributed by atoms with van der Waals surface area (Å²) in [7, 11) is -0.372. The summed E-state index contributed by atoms with van der Waals surface area (Å²) < 4.78 is 18.3. The van der Waals surface area contributed by atoms with Crippen LogP contribution in [0.5, 0.6) is 0 Å². The summed E-state index contributed by atoms with van der Waals surface area (Å²) in [4.78, 5) is 11.7. The molecule has 6 heteroatoms. The van der Waals surface area contributed by atoms with E-state index in [0.717, 1.165) is 11.0 Å². The predicted octanol–water partition coefficient (Wildman–Crippen LogP) is 1.38. The molecule has 5 nitrogen and oxygen atoms in total. The van der Waals surface area contributed by atoms with Crippen LogP contribution < -0.4 is 11.2 Å². The molecule has 0 amide bonds. The van der Waals surface area contributed by atoms with Gasteiger partial charge in [-0.15, -0.1) is 0 Å². The summed E-state index contributed by atoms with van der Waals surface area (Å²) in [5.74, 6) is -0.328. The van der Waals surface area contributed by atoms with Gasteiger partial charge in [0.1, 0.15) is 0 Å². The third kappa shape index (κ3) is 2.29. The number of aryl methyl sites for hydroxylation is 1. The van der Waals surface area contributed by atoms with E-state index in [1.54, 1.807) is 10.6 Å². The Morgan fingerprint density at radius 1 is 1.30 bits per heavy atom. The van der Waals surface area contributed by atoms with Crippen LogP contribution in [0.25, 0.3) is 11.1 Å². The fraction of sp³-hybridized carbons (Fsp3) is 0.500. The van der Waals surface area contributed by atoms with Gasteiger partial charge in [0.2, 0.25) is 0 Å². The molecular weight excluding hydrogens is 257 g/mol. The normalized spacial score (nSPS) is 18.6. The van der Waals surface area contributed by atoms with E-state index >= 15 is 0 Å². The molecule has 1 aromatic carbocycles. The van der Waals surface area contributed by atoms with Gasteiger partial charge in [0, 0.05) is 25.2 Å². The van der Waals surface area contributed by atoms with Crippen molar-refractivity contribution < 1.29 is 13.7 Å². The van der Waals surface area contributed by atoms with Crippen molar-refractivity contribution in [2.45, 2.75) is 27.3 Å². The van der Waals surface area contributed by atoms with Crippen molar-refractivity contribution in [3.8, 4) is 0 Å². The number of nitrogens with zero attached hydrogens (tertiary/aromatic N) is 1. The molecule has 0 atom stereocenters. The number of hydrogen-bond donors (Lipinski definition) is 0. The average molecular weight is 275 g/mol. The van der Waals surface area contributed by atoms with Crippen LogP contribution >= 0.6 is 0 Å². The number of benzene rings is 1. The summed E-state index contributed by atoms with van der Waals surface area (Å²) in [5.41, 5.74) is 2.33. The minimum atomic E-state index is -0.372. The first-order chi connectivity index (χ1) is 9.50. The molecule has 1 fully saturated rings. The Kier molecular flexibility index (Phi) is 3.22. The van der Waals surface area contributed by atoms with Crippen molar-refractivity contribution in [2.75, 3.05) is 13.2 Å². The van der Waals surface area contributed by atoms with Crippen LogP contribution in [-0.4, -0.2) is 24.9 Å². The SMILES string of the molecule is CCn1c(=O)oc2ccc(B3OCC(C)(C)CO3)cc21. The van der Waals surface area contributed by atoms with Gasteiger partial charge in [-0.25, -0.2) is 4.79 Å². The molecule has 1 aliphatic heterocycles. The van der Waals surface area contributed by atoms with E-state index in [4.69, 9.17) is 13.7 Å². The third-order valence-electron chi connectivity index (χ3n) is 3.53. The van der Waals surface area contributed by atoms with Gasteiger partial charge < -0.3 is 13.7 Å². The number of fused-ring (bicyclic) bond motifs is 1. The number of aromatic nitrogens is 1. The molecule has 1 saturated heterocycles. The number of oxazole rings is 1. The van der Waals surface area contributed by atoms with Crippen molar-refractivity contribution in [1.29, 1.82) is 0 Å². The van der Waals surface area contributed by atoms with E-state index in [1.165, 1.54) is 0 Å². The quantitative estimate of drug-likeness (QED) is 0.777. The molecule has 20 heavy (non-hydrogen) atoms. The van der Waals surface area contributed by atoms with Crippen LogP contribution in [0.15, 0.2) is 27.4 Å². The lowest BCUT2D eigenvalue weighted by atomic mass is 9.76. The van der Waals surface area contributed by atoms with E-state index in [-0.39, 0.29) is 18.3 Å². The molecule has 3 rings (SSSR count). The van der Waals surface area contributed by atoms with Crippen molar-refractivity contribution in [3.05, 3.63) is 28.7 Å². The first-order valence-electron chi connectivity index (χ1n) is 6.87. The Morgan fingerprint density at radius 2 is 2.00 bits per heavy atom. The maximum absolute atomic E-state index is 11.7. The lowest BCUT2D eigenvalue weighted by Gasteiger charge is -2.33. The first-order valence-corrected chi connectivity index (χ1v) is 6.87. The van der Waals surface area contributed by atoms with Crippen LogP contribution in [0.4, 0.5) is 0 Å². The van der Waals surface area contributed by atoms with Gasteiger partial charge in [-0.05, 0) is 24.5 Å². The molecule has 1 aromatic heterocycles. The van der Waals surface area contributed by atoms with Gasteiger partial charge in [0.25, 0.3) is 0 Å². The second kappa shape index (κ2) is 4.79. The van der Waals surface area contributed by atoms with Crippen molar-refractivity contribution >= 4 is 23.7 Å². The fourth-order valence-corrected chi connectivity index (χ4v) is 2.41. The summed E-state index contributed by atoms with van der Waals surface area (Å²) in [5, 5.41) is 0. The van der Waals surface area contributed by atoms with E-state index in [9.17, 15) is 4.79 Å². The van der Waals surface area contributed by atoms with Crippen LogP contribution in [0.1, 0.15) is 20.8 Å². The molecule has 0 saturated carbocycles. The first kappa shape index (κ1) is 13.5. The van der Waals surface area contributed by atoms with Gasteiger partial charge in [-0.3, -0.25) is 4.57 Å². The number of rotatable bonds is 2. The molecule has 2 aromatic rings. The Morgan fingerprint density at radius 3 is 2.65 bits per heavy atom. The summed E-state index contributed by atoms with van der Waals surface area (Å²) >= 11 is 0. The molecule has 0 radical (unpaired) electrons. The van der Waals surface area contributed by atoms with Crippen LogP contribution in [0.3, 0.4) is 0 Å². The Labute approximate surface area is 117 Å².